The zero-order valence-electron chi connectivity index (χ0n) is 8.99. The highest BCUT2D eigenvalue weighted by molar-refractivity contribution is 5.32. The van der Waals surface area contributed by atoms with Crippen LogP contribution in [0, 0.1) is 11.3 Å². The second-order valence-electron chi connectivity index (χ2n) is 3.11. The Balaban J connectivity index is 2.47. The minimum Gasteiger partial charge on any atom is -0.490 e. The summed E-state index contributed by atoms with van der Waals surface area (Å²) < 4.78 is 22.5. The van der Waals surface area contributed by atoms with Gasteiger partial charge in [-0.2, -0.15) is 5.26 Å². The molecule has 0 bridgehead atoms. The van der Waals surface area contributed by atoms with Gasteiger partial charge in [0, 0.05) is 5.56 Å². The molecule has 0 fully saturated rings. The smallest absolute Gasteiger partial charge is 0.124 e. The Hall–Kier alpha value is -1.60. The Labute approximate surface area is 94.4 Å². The molecular formula is C12H14FNO2. The average molecular weight is 223 g/mol. The van der Waals surface area contributed by atoms with E-state index in [0.29, 0.717) is 25.4 Å². The molecule has 0 N–H and O–H groups in total. The highest BCUT2D eigenvalue weighted by Crippen LogP contribution is 2.18. The summed E-state index contributed by atoms with van der Waals surface area (Å²) in [7, 11) is 0. The molecule has 0 aromatic heterocycles. The summed E-state index contributed by atoms with van der Waals surface area (Å²) in [6.07, 6.45) is 0.369. The number of hydrogen-bond donors (Lipinski definition) is 0. The van der Waals surface area contributed by atoms with Crippen LogP contribution >= 0.6 is 0 Å². The molecule has 0 unspecified atom stereocenters. The molecular weight excluding hydrogens is 209 g/mol. The molecule has 0 atom stereocenters. The molecule has 0 aliphatic rings. The first-order valence-electron chi connectivity index (χ1n) is 5.10. The lowest BCUT2D eigenvalue weighted by molar-refractivity contribution is 0.123. The van der Waals surface area contributed by atoms with Crippen molar-refractivity contribution in [2.24, 2.45) is 0 Å². The molecule has 0 amide bonds. The van der Waals surface area contributed by atoms with Gasteiger partial charge >= 0.3 is 0 Å². The average Bonchev–Trinajstić information content (AvgIpc) is 2.33. The third-order valence-electron chi connectivity index (χ3n) is 1.92. The van der Waals surface area contributed by atoms with Crippen LogP contribution < -0.4 is 4.74 Å². The van der Waals surface area contributed by atoms with Gasteiger partial charge < -0.3 is 9.47 Å². The van der Waals surface area contributed by atoms with Gasteiger partial charge in [-0.3, -0.25) is 0 Å². The van der Waals surface area contributed by atoms with Gasteiger partial charge in [0.1, 0.15) is 19.0 Å². The Morgan fingerprint density at radius 3 is 2.81 bits per heavy atom. The van der Waals surface area contributed by atoms with Crippen LogP contribution in [0.2, 0.25) is 0 Å². The summed E-state index contributed by atoms with van der Waals surface area (Å²) >= 11 is 0. The third kappa shape index (κ3) is 4.28. The second-order valence-corrected chi connectivity index (χ2v) is 3.11. The maximum Gasteiger partial charge on any atom is 0.124 e. The number of nitriles is 1. The maximum atomic E-state index is 12.0. The lowest BCUT2D eigenvalue weighted by Gasteiger charge is -2.09. The molecule has 0 saturated heterocycles. The third-order valence-corrected chi connectivity index (χ3v) is 1.92. The van der Waals surface area contributed by atoms with E-state index in [0.717, 1.165) is 5.56 Å². The van der Waals surface area contributed by atoms with Crippen molar-refractivity contribution in [3.05, 3.63) is 29.8 Å². The summed E-state index contributed by atoms with van der Waals surface area (Å²) in [5.74, 6) is 0.636. The normalized spacial score (nSPS) is 9.75. The lowest BCUT2D eigenvalue weighted by Crippen LogP contribution is -2.03. The van der Waals surface area contributed by atoms with Gasteiger partial charge in [-0.1, -0.05) is 18.2 Å². The van der Waals surface area contributed by atoms with Crippen LogP contribution in [0.15, 0.2) is 24.3 Å². The number of para-hydroxylation sites is 1. The van der Waals surface area contributed by atoms with Gasteiger partial charge in [-0.15, -0.1) is 0 Å². The standard InChI is InChI=1S/C12H14FNO2/c13-6-9-16-12-5-2-1-4-11(12)10-15-8-3-7-14/h1-2,4-5H,3,6,8-10H2. The van der Waals surface area contributed by atoms with E-state index < -0.39 is 6.67 Å². The van der Waals surface area contributed by atoms with Gasteiger partial charge in [-0.05, 0) is 6.07 Å². The number of rotatable bonds is 7. The molecule has 1 rings (SSSR count). The van der Waals surface area contributed by atoms with Crippen molar-refractivity contribution in [3.63, 3.8) is 0 Å². The monoisotopic (exact) mass is 223 g/mol. The van der Waals surface area contributed by atoms with E-state index in [1.165, 1.54) is 0 Å². The van der Waals surface area contributed by atoms with E-state index in [4.69, 9.17) is 14.7 Å². The lowest BCUT2D eigenvalue weighted by atomic mass is 10.2. The van der Waals surface area contributed by atoms with Crippen molar-refractivity contribution in [1.82, 2.24) is 0 Å². The largest absolute Gasteiger partial charge is 0.490 e. The Morgan fingerprint density at radius 1 is 1.25 bits per heavy atom. The predicted octanol–water partition coefficient (Wildman–Crippen LogP) is 2.47. The Morgan fingerprint density at radius 2 is 2.06 bits per heavy atom. The number of benzene rings is 1. The molecule has 0 radical (unpaired) electrons. The molecule has 1 aromatic carbocycles. The molecule has 4 heteroatoms. The molecule has 0 aliphatic heterocycles. The molecule has 0 heterocycles. The van der Waals surface area contributed by atoms with Crippen molar-refractivity contribution in [3.8, 4) is 11.8 Å². The van der Waals surface area contributed by atoms with Crippen LogP contribution in [0.25, 0.3) is 0 Å². The summed E-state index contributed by atoms with van der Waals surface area (Å²) in [4.78, 5) is 0. The summed E-state index contributed by atoms with van der Waals surface area (Å²) in [6, 6.07) is 9.33. The van der Waals surface area contributed by atoms with Crippen molar-refractivity contribution >= 4 is 0 Å². The van der Waals surface area contributed by atoms with Crippen molar-refractivity contribution < 1.29 is 13.9 Å². The van der Waals surface area contributed by atoms with E-state index in [1.807, 2.05) is 24.3 Å². The van der Waals surface area contributed by atoms with E-state index in [1.54, 1.807) is 6.07 Å². The van der Waals surface area contributed by atoms with E-state index in [-0.39, 0.29) is 6.61 Å². The highest BCUT2D eigenvalue weighted by Gasteiger charge is 2.02. The summed E-state index contributed by atoms with van der Waals surface area (Å²) in [6.45, 7) is 0.316. The van der Waals surface area contributed by atoms with E-state index in [2.05, 4.69) is 0 Å². The first kappa shape index (κ1) is 12.5. The fourth-order valence-electron chi connectivity index (χ4n) is 1.21. The van der Waals surface area contributed by atoms with Crippen molar-refractivity contribution in [2.75, 3.05) is 19.9 Å². The second kappa shape index (κ2) is 7.66. The topological polar surface area (TPSA) is 42.2 Å². The number of nitrogens with zero attached hydrogens (tertiary/aromatic N) is 1. The first-order chi connectivity index (χ1) is 7.88. The molecule has 0 spiro atoms. The zero-order chi connectivity index (χ0) is 11.6. The molecule has 3 nitrogen and oxygen atoms in total. The van der Waals surface area contributed by atoms with Gasteiger partial charge in [0.15, 0.2) is 0 Å². The van der Waals surface area contributed by atoms with Crippen LogP contribution in [0.1, 0.15) is 12.0 Å². The predicted molar refractivity (Wildman–Crippen MR) is 57.8 cm³/mol. The van der Waals surface area contributed by atoms with Crippen LogP contribution in [0.5, 0.6) is 5.75 Å². The highest BCUT2D eigenvalue weighted by atomic mass is 19.1. The molecule has 86 valence electrons. The van der Waals surface area contributed by atoms with E-state index >= 15 is 0 Å². The molecule has 1 aromatic rings. The van der Waals surface area contributed by atoms with Crippen LogP contribution in [-0.2, 0) is 11.3 Å². The van der Waals surface area contributed by atoms with Crippen molar-refractivity contribution in [1.29, 1.82) is 5.26 Å². The number of alkyl halides is 1. The summed E-state index contributed by atoms with van der Waals surface area (Å²) in [5, 5.41) is 8.34. The number of halogens is 1. The fourth-order valence-corrected chi connectivity index (χ4v) is 1.21. The Kier molecular flexibility index (Phi) is 5.97. The quantitative estimate of drug-likeness (QED) is 0.667. The van der Waals surface area contributed by atoms with Crippen molar-refractivity contribution in [2.45, 2.75) is 13.0 Å². The van der Waals surface area contributed by atoms with Gasteiger partial charge in [0.05, 0.1) is 25.7 Å². The molecule has 0 saturated carbocycles. The minimum absolute atomic E-state index is 0.0508. The SMILES string of the molecule is N#CCCOCc1ccccc1OCCF. The number of hydrogen-bond acceptors (Lipinski definition) is 3. The van der Waals surface area contributed by atoms with Crippen LogP contribution in [0.3, 0.4) is 0 Å². The van der Waals surface area contributed by atoms with Gasteiger partial charge in [0.2, 0.25) is 0 Å². The molecule has 16 heavy (non-hydrogen) atoms. The van der Waals surface area contributed by atoms with Gasteiger partial charge in [0.25, 0.3) is 0 Å². The maximum absolute atomic E-state index is 12.0. The van der Waals surface area contributed by atoms with Gasteiger partial charge in [-0.25, -0.2) is 4.39 Å². The van der Waals surface area contributed by atoms with Crippen LogP contribution in [-0.4, -0.2) is 19.9 Å². The Bertz CT molecular complexity index is 349. The number of ether oxygens (including phenoxy) is 2. The van der Waals surface area contributed by atoms with E-state index in [9.17, 15) is 4.39 Å². The fraction of sp³-hybridized carbons (Fsp3) is 0.417. The minimum atomic E-state index is -0.510. The summed E-state index contributed by atoms with van der Waals surface area (Å²) in [5.41, 5.74) is 0.869. The van der Waals surface area contributed by atoms with Crippen LogP contribution in [0.4, 0.5) is 4.39 Å². The first-order valence-corrected chi connectivity index (χ1v) is 5.10. The molecule has 0 aliphatic carbocycles. The zero-order valence-corrected chi connectivity index (χ0v) is 8.99.